The van der Waals surface area contributed by atoms with Gasteiger partial charge in [0.25, 0.3) is 0 Å². The maximum atomic E-state index is 4.61. The third-order valence-corrected chi connectivity index (χ3v) is 5.57. The van der Waals surface area contributed by atoms with Gasteiger partial charge < -0.3 is 5.32 Å². The van der Waals surface area contributed by atoms with Crippen LogP contribution in [0.3, 0.4) is 0 Å². The van der Waals surface area contributed by atoms with E-state index in [1.807, 2.05) is 18.4 Å². The van der Waals surface area contributed by atoms with Crippen LogP contribution >= 0.6 is 11.3 Å². The lowest BCUT2D eigenvalue weighted by atomic mass is 9.93. The molecular weight excluding hydrogens is 266 g/mol. The average molecular weight is 295 g/mol. The lowest BCUT2D eigenvalue weighted by Gasteiger charge is -2.31. The van der Waals surface area contributed by atoms with Gasteiger partial charge in [-0.1, -0.05) is 20.8 Å². The quantitative estimate of drug-likeness (QED) is 0.903. The lowest BCUT2D eigenvalue weighted by molar-refractivity contribution is 0.172. The first-order chi connectivity index (χ1) is 9.49. The molecule has 1 aliphatic rings. The second-order valence-corrected chi connectivity index (χ2v) is 8.10. The molecule has 0 amide bonds. The summed E-state index contributed by atoms with van der Waals surface area (Å²) in [6.07, 6.45) is 6.09. The Hall–Kier alpha value is -0.450. The van der Waals surface area contributed by atoms with Crippen molar-refractivity contribution in [2.24, 2.45) is 5.92 Å². The second-order valence-electron chi connectivity index (χ2n) is 6.98. The molecule has 1 aromatic heterocycles. The number of piperidine rings is 1. The Morgan fingerprint density at radius 2 is 2.05 bits per heavy atom. The molecule has 2 heterocycles. The van der Waals surface area contributed by atoms with Gasteiger partial charge in [0.05, 0.1) is 6.54 Å². The summed E-state index contributed by atoms with van der Waals surface area (Å²) >= 11 is 1.89. The summed E-state index contributed by atoms with van der Waals surface area (Å²) in [6, 6.07) is 0. The van der Waals surface area contributed by atoms with Crippen LogP contribution in [0.15, 0.2) is 6.20 Å². The fourth-order valence-corrected chi connectivity index (χ4v) is 3.72. The van der Waals surface area contributed by atoms with Crippen LogP contribution in [0.25, 0.3) is 0 Å². The molecule has 0 aliphatic carbocycles. The Balaban J connectivity index is 1.79. The molecular formula is C16H29N3S. The molecule has 1 N–H and O–H groups in total. The predicted octanol–water partition coefficient (Wildman–Crippen LogP) is 3.26. The number of nitrogens with zero attached hydrogens (tertiary/aromatic N) is 2. The number of likely N-dealkylation sites (tertiary alicyclic amines) is 1. The SMILES string of the molecule is CNCCC1CCN(Cc2ncc(C(C)(C)C)s2)CC1. The summed E-state index contributed by atoms with van der Waals surface area (Å²) in [5, 5.41) is 4.54. The molecule has 4 heteroatoms. The number of rotatable bonds is 5. The van der Waals surface area contributed by atoms with E-state index in [1.165, 1.54) is 42.2 Å². The van der Waals surface area contributed by atoms with Gasteiger partial charge in [-0.15, -0.1) is 11.3 Å². The van der Waals surface area contributed by atoms with E-state index in [-0.39, 0.29) is 5.41 Å². The van der Waals surface area contributed by atoms with Crippen LogP contribution in [0.5, 0.6) is 0 Å². The van der Waals surface area contributed by atoms with Crippen molar-refractivity contribution in [1.82, 2.24) is 15.2 Å². The first-order valence-electron chi connectivity index (χ1n) is 7.81. The van der Waals surface area contributed by atoms with Crippen molar-refractivity contribution in [3.8, 4) is 0 Å². The highest BCUT2D eigenvalue weighted by molar-refractivity contribution is 7.11. The summed E-state index contributed by atoms with van der Waals surface area (Å²) in [6.45, 7) is 11.5. The van der Waals surface area contributed by atoms with E-state index in [0.29, 0.717) is 0 Å². The van der Waals surface area contributed by atoms with Crippen LogP contribution in [0.4, 0.5) is 0 Å². The molecule has 1 fully saturated rings. The normalized spacial score (nSPS) is 18.6. The van der Waals surface area contributed by atoms with Crippen molar-refractivity contribution in [2.45, 2.75) is 52.0 Å². The van der Waals surface area contributed by atoms with E-state index in [4.69, 9.17) is 0 Å². The standard InChI is InChI=1S/C16H29N3S/c1-16(2,3)14-11-18-15(20-14)12-19-9-6-13(7-10-19)5-8-17-4/h11,13,17H,5-10,12H2,1-4H3. The molecule has 3 nitrogen and oxygen atoms in total. The molecule has 20 heavy (non-hydrogen) atoms. The molecule has 0 unspecified atom stereocenters. The Bertz CT molecular complexity index is 400. The summed E-state index contributed by atoms with van der Waals surface area (Å²) in [5.41, 5.74) is 0.232. The Kier molecular flexibility index (Phi) is 5.58. The van der Waals surface area contributed by atoms with Gasteiger partial charge in [-0.25, -0.2) is 4.98 Å². The molecule has 0 spiro atoms. The molecule has 114 valence electrons. The number of hydrogen-bond donors (Lipinski definition) is 1. The van der Waals surface area contributed by atoms with Crippen LogP contribution in [0.2, 0.25) is 0 Å². The zero-order chi connectivity index (χ0) is 14.6. The van der Waals surface area contributed by atoms with Crippen molar-refractivity contribution >= 4 is 11.3 Å². The van der Waals surface area contributed by atoms with Gasteiger partial charge in [0.15, 0.2) is 0 Å². The summed E-state index contributed by atoms with van der Waals surface area (Å²) in [4.78, 5) is 8.58. The molecule has 0 atom stereocenters. The summed E-state index contributed by atoms with van der Waals surface area (Å²) in [5.74, 6) is 0.917. The number of nitrogens with one attached hydrogen (secondary N) is 1. The Morgan fingerprint density at radius 1 is 1.35 bits per heavy atom. The highest BCUT2D eigenvalue weighted by atomic mass is 32.1. The average Bonchev–Trinajstić information content (AvgIpc) is 2.86. The fraction of sp³-hybridized carbons (Fsp3) is 0.812. The first kappa shape index (κ1) is 15.9. The molecule has 0 bridgehead atoms. The minimum absolute atomic E-state index is 0.232. The van der Waals surface area contributed by atoms with Crippen molar-refractivity contribution in [1.29, 1.82) is 0 Å². The van der Waals surface area contributed by atoms with E-state index >= 15 is 0 Å². The first-order valence-corrected chi connectivity index (χ1v) is 8.63. The minimum atomic E-state index is 0.232. The molecule has 1 aliphatic heterocycles. The Morgan fingerprint density at radius 3 is 2.60 bits per heavy atom. The van der Waals surface area contributed by atoms with Gasteiger partial charge in [0, 0.05) is 11.1 Å². The van der Waals surface area contributed by atoms with E-state index in [1.54, 1.807) is 0 Å². The highest BCUT2D eigenvalue weighted by Crippen LogP contribution is 2.29. The van der Waals surface area contributed by atoms with Crippen LogP contribution in [0, 0.1) is 5.92 Å². The van der Waals surface area contributed by atoms with Crippen LogP contribution in [-0.2, 0) is 12.0 Å². The molecule has 1 aromatic rings. The monoisotopic (exact) mass is 295 g/mol. The maximum Gasteiger partial charge on any atom is 0.107 e. The second kappa shape index (κ2) is 7.01. The zero-order valence-electron chi connectivity index (χ0n) is 13.4. The lowest BCUT2D eigenvalue weighted by Crippen LogP contribution is -2.34. The topological polar surface area (TPSA) is 28.2 Å². The largest absolute Gasteiger partial charge is 0.320 e. The van der Waals surface area contributed by atoms with Crippen LogP contribution in [-0.4, -0.2) is 36.6 Å². The minimum Gasteiger partial charge on any atom is -0.320 e. The highest BCUT2D eigenvalue weighted by Gasteiger charge is 2.21. The van der Waals surface area contributed by atoms with Crippen molar-refractivity contribution in [2.75, 3.05) is 26.7 Å². The summed E-state index contributed by atoms with van der Waals surface area (Å²) in [7, 11) is 2.05. The summed E-state index contributed by atoms with van der Waals surface area (Å²) < 4.78 is 0. The fourth-order valence-electron chi connectivity index (χ4n) is 2.70. The molecule has 1 saturated heterocycles. The predicted molar refractivity (Wildman–Crippen MR) is 87.4 cm³/mol. The zero-order valence-corrected chi connectivity index (χ0v) is 14.2. The van der Waals surface area contributed by atoms with E-state index < -0.39 is 0 Å². The van der Waals surface area contributed by atoms with Gasteiger partial charge in [-0.05, 0) is 57.3 Å². The van der Waals surface area contributed by atoms with Crippen LogP contribution in [0.1, 0.15) is 49.9 Å². The number of hydrogen-bond acceptors (Lipinski definition) is 4. The smallest absolute Gasteiger partial charge is 0.107 e. The molecule has 0 saturated carbocycles. The van der Waals surface area contributed by atoms with Gasteiger partial charge in [-0.2, -0.15) is 0 Å². The van der Waals surface area contributed by atoms with Crippen LogP contribution < -0.4 is 5.32 Å². The third-order valence-electron chi connectivity index (χ3n) is 4.16. The van der Waals surface area contributed by atoms with Crippen molar-refractivity contribution in [3.05, 3.63) is 16.1 Å². The maximum absolute atomic E-state index is 4.61. The number of thiazole rings is 1. The van der Waals surface area contributed by atoms with Crippen molar-refractivity contribution in [3.63, 3.8) is 0 Å². The van der Waals surface area contributed by atoms with E-state index in [0.717, 1.165) is 19.0 Å². The number of aromatic nitrogens is 1. The Labute approximate surface area is 127 Å². The van der Waals surface area contributed by atoms with Gasteiger partial charge in [0.2, 0.25) is 0 Å². The van der Waals surface area contributed by atoms with Crippen molar-refractivity contribution < 1.29 is 0 Å². The third kappa shape index (κ3) is 4.54. The molecule has 0 radical (unpaired) electrons. The van der Waals surface area contributed by atoms with Gasteiger partial charge >= 0.3 is 0 Å². The van der Waals surface area contributed by atoms with E-state index in [9.17, 15) is 0 Å². The van der Waals surface area contributed by atoms with E-state index in [2.05, 4.69) is 42.2 Å². The van der Waals surface area contributed by atoms with Gasteiger partial charge in [0.1, 0.15) is 5.01 Å². The van der Waals surface area contributed by atoms with Gasteiger partial charge in [-0.3, -0.25) is 4.90 Å². The molecule has 2 rings (SSSR count). The molecule has 0 aromatic carbocycles.